The lowest BCUT2D eigenvalue weighted by Crippen LogP contribution is -2.44. The summed E-state index contributed by atoms with van der Waals surface area (Å²) in [5.74, 6) is 0.888. The summed E-state index contributed by atoms with van der Waals surface area (Å²) < 4.78 is 27.1. The number of rotatable bonds is 4. The number of aromatic nitrogens is 1. The normalized spacial score (nSPS) is 24.0. The third kappa shape index (κ3) is 3.49. The van der Waals surface area contributed by atoms with Gasteiger partial charge in [-0.3, -0.25) is 0 Å². The molecule has 2 unspecified atom stereocenters. The number of halogens is 1. The Labute approximate surface area is 131 Å². The van der Waals surface area contributed by atoms with Gasteiger partial charge < -0.3 is 5.32 Å². The largest absolute Gasteiger partial charge is 0.369 e. The van der Waals surface area contributed by atoms with Crippen molar-refractivity contribution in [3.8, 4) is 0 Å². The molecule has 0 aromatic carbocycles. The maximum atomic E-state index is 12.8. The fourth-order valence-electron chi connectivity index (χ4n) is 2.58. The monoisotopic (exact) mass is 331 g/mol. The molecule has 7 heteroatoms. The first-order valence-corrected chi connectivity index (χ1v) is 9.09. The van der Waals surface area contributed by atoms with Gasteiger partial charge in [-0.1, -0.05) is 18.5 Å². The van der Waals surface area contributed by atoms with E-state index in [4.69, 9.17) is 11.6 Å². The number of hydrogen-bond acceptors (Lipinski definition) is 4. The smallest absolute Gasteiger partial charge is 0.244 e. The van der Waals surface area contributed by atoms with Gasteiger partial charge in [0.2, 0.25) is 10.0 Å². The Morgan fingerprint density at radius 2 is 2.14 bits per heavy atom. The van der Waals surface area contributed by atoms with Crippen molar-refractivity contribution in [2.75, 3.05) is 18.4 Å². The molecule has 0 saturated carbocycles. The summed E-state index contributed by atoms with van der Waals surface area (Å²) in [6.07, 6.45) is 3.33. The van der Waals surface area contributed by atoms with Gasteiger partial charge in [0.05, 0.1) is 5.02 Å². The van der Waals surface area contributed by atoms with E-state index in [9.17, 15) is 8.42 Å². The second-order valence-corrected chi connectivity index (χ2v) is 7.94. The van der Waals surface area contributed by atoms with Gasteiger partial charge in [-0.15, -0.1) is 0 Å². The third-order valence-electron chi connectivity index (χ3n) is 3.83. The summed E-state index contributed by atoms with van der Waals surface area (Å²) in [5, 5.41) is 3.33. The molecule has 2 atom stereocenters. The number of sulfonamides is 1. The highest BCUT2D eigenvalue weighted by molar-refractivity contribution is 7.89. The van der Waals surface area contributed by atoms with Gasteiger partial charge in [-0.2, -0.15) is 4.31 Å². The van der Waals surface area contributed by atoms with Crippen LogP contribution in [0.25, 0.3) is 0 Å². The van der Waals surface area contributed by atoms with E-state index in [1.807, 2.05) is 13.8 Å². The number of anilines is 1. The molecule has 5 nitrogen and oxygen atoms in total. The van der Waals surface area contributed by atoms with Crippen LogP contribution in [0.2, 0.25) is 5.02 Å². The van der Waals surface area contributed by atoms with Crippen LogP contribution in [0.5, 0.6) is 0 Å². The number of nitrogens with one attached hydrogen (secondary N) is 1. The maximum absolute atomic E-state index is 12.8. The van der Waals surface area contributed by atoms with Crippen LogP contribution in [0.15, 0.2) is 17.2 Å². The van der Waals surface area contributed by atoms with Crippen LogP contribution in [0.3, 0.4) is 0 Å². The van der Waals surface area contributed by atoms with Gasteiger partial charge >= 0.3 is 0 Å². The van der Waals surface area contributed by atoms with Gasteiger partial charge in [0.1, 0.15) is 10.7 Å². The fourth-order valence-corrected chi connectivity index (χ4v) is 4.63. The summed E-state index contributed by atoms with van der Waals surface area (Å²) in [4.78, 5) is 4.29. The van der Waals surface area contributed by atoms with Crippen molar-refractivity contribution in [2.45, 2.75) is 44.6 Å². The topological polar surface area (TPSA) is 62.3 Å². The van der Waals surface area contributed by atoms with E-state index in [-0.39, 0.29) is 10.9 Å². The number of nitrogens with zero attached hydrogens (tertiary/aromatic N) is 2. The van der Waals surface area contributed by atoms with Gasteiger partial charge in [-0.05, 0) is 38.7 Å². The van der Waals surface area contributed by atoms with Crippen LogP contribution in [0.4, 0.5) is 5.82 Å². The molecule has 1 N–H and O–H groups in total. The summed E-state index contributed by atoms with van der Waals surface area (Å²) in [6, 6.07) is 1.49. The molecule has 0 amide bonds. The van der Waals surface area contributed by atoms with Gasteiger partial charge in [-0.25, -0.2) is 13.4 Å². The summed E-state index contributed by atoms with van der Waals surface area (Å²) in [5.41, 5.74) is 0. The Morgan fingerprint density at radius 3 is 2.76 bits per heavy atom. The van der Waals surface area contributed by atoms with Crippen LogP contribution in [-0.2, 0) is 10.0 Å². The number of hydrogen-bond donors (Lipinski definition) is 1. The molecule has 1 aliphatic rings. The quantitative estimate of drug-likeness (QED) is 0.921. The molecule has 2 heterocycles. The molecule has 1 aromatic rings. The fraction of sp³-hybridized carbons (Fsp3) is 0.643. The van der Waals surface area contributed by atoms with Crippen LogP contribution in [0.1, 0.15) is 33.6 Å². The number of pyridine rings is 1. The van der Waals surface area contributed by atoms with E-state index in [0.717, 1.165) is 12.8 Å². The van der Waals surface area contributed by atoms with Gasteiger partial charge in [0.25, 0.3) is 0 Å². The molecule has 118 valence electrons. The van der Waals surface area contributed by atoms with Crippen LogP contribution in [-0.4, -0.2) is 36.8 Å². The van der Waals surface area contributed by atoms with E-state index in [2.05, 4.69) is 17.2 Å². The minimum absolute atomic E-state index is 0.0124. The van der Waals surface area contributed by atoms with Gasteiger partial charge in [0, 0.05) is 25.3 Å². The van der Waals surface area contributed by atoms with Crippen LogP contribution >= 0.6 is 11.6 Å². The van der Waals surface area contributed by atoms with Crippen molar-refractivity contribution in [1.82, 2.24) is 9.29 Å². The second-order valence-electron chi connectivity index (χ2n) is 5.64. The Bertz CT molecular complexity index is 606. The Kier molecular flexibility index (Phi) is 5.11. The molecular weight excluding hydrogens is 310 g/mol. The lowest BCUT2D eigenvalue weighted by Gasteiger charge is -2.35. The van der Waals surface area contributed by atoms with Crippen molar-refractivity contribution >= 4 is 27.4 Å². The minimum atomic E-state index is -3.54. The first-order valence-electron chi connectivity index (χ1n) is 7.27. The Hall–Kier alpha value is -0.850. The van der Waals surface area contributed by atoms with Crippen LogP contribution < -0.4 is 5.32 Å². The lowest BCUT2D eigenvalue weighted by molar-refractivity contribution is 0.218. The number of piperidine rings is 1. The van der Waals surface area contributed by atoms with E-state index in [1.54, 1.807) is 4.31 Å². The molecular formula is C14H22ClN3O2S. The van der Waals surface area contributed by atoms with Crippen molar-refractivity contribution in [2.24, 2.45) is 5.92 Å². The summed E-state index contributed by atoms with van der Waals surface area (Å²) >= 11 is 6.11. The minimum Gasteiger partial charge on any atom is -0.369 e. The summed E-state index contributed by atoms with van der Waals surface area (Å²) in [6.45, 7) is 7.19. The van der Waals surface area contributed by atoms with E-state index in [0.29, 0.717) is 29.8 Å². The van der Waals surface area contributed by atoms with Crippen molar-refractivity contribution < 1.29 is 8.42 Å². The second kappa shape index (κ2) is 6.50. The molecule has 1 aromatic heterocycles. The zero-order valence-corrected chi connectivity index (χ0v) is 14.2. The third-order valence-corrected chi connectivity index (χ3v) is 6.06. The molecule has 1 aliphatic heterocycles. The van der Waals surface area contributed by atoms with Gasteiger partial charge in [0.15, 0.2) is 0 Å². The SMILES string of the molecule is CCNc1ncc(S(=O)(=O)N2CC(C)CCC2C)cc1Cl. The zero-order valence-electron chi connectivity index (χ0n) is 12.6. The molecule has 0 aliphatic carbocycles. The average molecular weight is 332 g/mol. The molecule has 0 radical (unpaired) electrons. The maximum Gasteiger partial charge on any atom is 0.244 e. The van der Waals surface area contributed by atoms with E-state index in [1.165, 1.54) is 12.3 Å². The molecule has 21 heavy (non-hydrogen) atoms. The van der Waals surface area contributed by atoms with E-state index >= 15 is 0 Å². The molecule has 1 fully saturated rings. The molecule has 2 rings (SSSR count). The standard InChI is InChI=1S/C14H22ClN3O2S/c1-4-16-14-13(15)7-12(8-17-14)21(19,20)18-9-10(2)5-6-11(18)3/h7-8,10-11H,4-6,9H2,1-3H3,(H,16,17). The zero-order chi connectivity index (χ0) is 15.6. The van der Waals surface area contributed by atoms with Crippen LogP contribution in [0, 0.1) is 5.92 Å². The molecule has 1 saturated heterocycles. The predicted molar refractivity (Wildman–Crippen MR) is 85.2 cm³/mol. The summed E-state index contributed by atoms with van der Waals surface area (Å²) in [7, 11) is -3.54. The average Bonchev–Trinajstić information content (AvgIpc) is 2.43. The first-order chi connectivity index (χ1) is 9.86. The Morgan fingerprint density at radius 1 is 1.43 bits per heavy atom. The highest BCUT2D eigenvalue weighted by atomic mass is 35.5. The highest BCUT2D eigenvalue weighted by Gasteiger charge is 2.34. The Balaban J connectivity index is 2.32. The molecule has 0 bridgehead atoms. The first kappa shape index (κ1) is 16.5. The van der Waals surface area contributed by atoms with Crippen molar-refractivity contribution in [3.05, 3.63) is 17.3 Å². The van der Waals surface area contributed by atoms with Crippen molar-refractivity contribution in [3.63, 3.8) is 0 Å². The molecule has 0 spiro atoms. The van der Waals surface area contributed by atoms with Crippen molar-refractivity contribution in [1.29, 1.82) is 0 Å². The lowest BCUT2D eigenvalue weighted by atomic mass is 9.97. The van der Waals surface area contributed by atoms with E-state index < -0.39 is 10.0 Å². The highest BCUT2D eigenvalue weighted by Crippen LogP contribution is 2.30. The predicted octanol–water partition coefficient (Wildman–Crippen LogP) is 2.98.